The molecule has 0 saturated carbocycles. The summed E-state index contributed by atoms with van der Waals surface area (Å²) in [4.78, 5) is 4.31. The molecule has 0 atom stereocenters. The maximum Gasteiger partial charge on any atom is 0.162 e. The van der Waals surface area contributed by atoms with E-state index in [1.165, 1.54) is 6.07 Å². The van der Waals surface area contributed by atoms with Gasteiger partial charge in [0.2, 0.25) is 0 Å². The maximum absolute atomic E-state index is 14.0. The molecule has 0 spiro atoms. The summed E-state index contributed by atoms with van der Waals surface area (Å²) in [5.41, 5.74) is 1.75. The van der Waals surface area contributed by atoms with E-state index in [9.17, 15) is 4.39 Å². The molecule has 2 aromatic carbocycles. The van der Waals surface area contributed by atoms with Crippen molar-refractivity contribution in [2.24, 2.45) is 0 Å². The number of nitrogens with zero attached hydrogens (tertiary/aromatic N) is 1. The number of nitrogens with one attached hydrogen (secondary N) is 1. The molecular weight excluding hydrogens is 319 g/mol. The normalized spacial score (nSPS) is 10.6. The van der Waals surface area contributed by atoms with Crippen LogP contribution in [0.3, 0.4) is 0 Å². The van der Waals surface area contributed by atoms with Gasteiger partial charge in [0.05, 0.1) is 25.4 Å². The number of rotatable bonds is 4. The number of hydrogen-bond acceptors (Lipinski definition) is 4. The summed E-state index contributed by atoms with van der Waals surface area (Å²) < 4.78 is 24.6. The molecular formula is C17H14ClFN2O2. The summed E-state index contributed by atoms with van der Waals surface area (Å²) in [7, 11) is 3.13. The Hall–Kier alpha value is -2.53. The molecule has 0 saturated heterocycles. The van der Waals surface area contributed by atoms with Gasteiger partial charge in [0.1, 0.15) is 5.82 Å². The number of ether oxygens (including phenoxy) is 2. The highest BCUT2D eigenvalue weighted by atomic mass is 35.5. The first-order valence-electron chi connectivity index (χ1n) is 6.85. The largest absolute Gasteiger partial charge is 0.493 e. The summed E-state index contributed by atoms with van der Waals surface area (Å²) in [5, 5.41) is 4.20. The molecule has 0 bridgehead atoms. The third kappa shape index (κ3) is 3.00. The van der Waals surface area contributed by atoms with Gasteiger partial charge in [-0.05, 0) is 30.3 Å². The van der Waals surface area contributed by atoms with Crippen molar-refractivity contribution in [1.82, 2.24) is 4.98 Å². The molecule has 0 aliphatic rings. The van der Waals surface area contributed by atoms with Crippen molar-refractivity contribution in [1.29, 1.82) is 0 Å². The van der Waals surface area contributed by atoms with Gasteiger partial charge in [-0.3, -0.25) is 4.98 Å². The number of aromatic nitrogens is 1. The van der Waals surface area contributed by atoms with Gasteiger partial charge in [0.25, 0.3) is 0 Å². The zero-order valence-electron chi connectivity index (χ0n) is 12.6. The van der Waals surface area contributed by atoms with Crippen LogP contribution in [0.5, 0.6) is 11.5 Å². The van der Waals surface area contributed by atoms with E-state index in [1.54, 1.807) is 50.7 Å². The fourth-order valence-electron chi connectivity index (χ4n) is 2.32. The minimum absolute atomic E-state index is 0.330. The highest BCUT2D eigenvalue weighted by Gasteiger charge is 2.11. The third-order valence-electron chi connectivity index (χ3n) is 3.45. The minimum atomic E-state index is -0.428. The van der Waals surface area contributed by atoms with E-state index in [1.807, 2.05) is 0 Å². The average Bonchev–Trinajstić information content (AvgIpc) is 2.56. The van der Waals surface area contributed by atoms with Crippen LogP contribution in [0, 0.1) is 5.82 Å². The van der Waals surface area contributed by atoms with Crippen LogP contribution in [-0.4, -0.2) is 19.2 Å². The number of pyridine rings is 1. The van der Waals surface area contributed by atoms with Gasteiger partial charge in [-0.15, -0.1) is 0 Å². The fourth-order valence-corrected chi connectivity index (χ4v) is 2.48. The van der Waals surface area contributed by atoms with E-state index in [0.717, 1.165) is 5.39 Å². The van der Waals surface area contributed by atoms with E-state index in [0.29, 0.717) is 33.4 Å². The van der Waals surface area contributed by atoms with Gasteiger partial charge < -0.3 is 14.8 Å². The highest BCUT2D eigenvalue weighted by molar-refractivity contribution is 6.30. The molecule has 23 heavy (non-hydrogen) atoms. The van der Waals surface area contributed by atoms with Crippen molar-refractivity contribution in [2.45, 2.75) is 0 Å². The van der Waals surface area contributed by atoms with Gasteiger partial charge in [-0.2, -0.15) is 0 Å². The number of methoxy groups -OCH3 is 2. The summed E-state index contributed by atoms with van der Waals surface area (Å²) >= 11 is 5.78. The molecule has 0 unspecified atom stereocenters. The molecule has 3 rings (SSSR count). The van der Waals surface area contributed by atoms with Crippen LogP contribution in [0.25, 0.3) is 10.9 Å². The molecule has 1 aromatic heterocycles. The molecule has 6 heteroatoms. The molecule has 4 nitrogen and oxygen atoms in total. The second kappa shape index (κ2) is 6.30. The van der Waals surface area contributed by atoms with Crippen molar-refractivity contribution in [3.05, 3.63) is 53.4 Å². The van der Waals surface area contributed by atoms with Crippen LogP contribution < -0.4 is 14.8 Å². The van der Waals surface area contributed by atoms with Gasteiger partial charge >= 0.3 is 0 Å². The number of hydrogen-bond donors (Lipinski definition) is 1. The Bertz CT molecular complexity index is 871. The summed E-state index contributed by atoms with van der Waals surface area (Å²) in [6.45, 7) is 0. The Balaban J connectivity index is 2.10. The Labute approximate surface area is 137 Å². The molecule has 0 aliphatic heterocycles. The summed E-state index contributed by atoms with van der Waals surface area (Å²) in [6, 6.07) is 9.82. The summed E-state index contributed by atoms with van der Waals surface area (Å²) in [5.74, 6) is 0.734. The second-order valence-electron chi connectivity index (χ2n) is 4.83. The Kier molecular flexibility index (Phi) is 4.21. The lowest BCUT2D eigenvalue weighted by Crippen LogP contribution is -1.97. The SMILES string of the molecule is COc1cc2nccc(Nc3ccc(Cl)cc3F)c2cc1OC. The van der Waals surface area contributed by atoms with Crippen LogP contribution in [-0.2, 0) is 0 Å². The van der Waals surface area contributed by atoms with E-state index in [-0.39, 0.29) is 0 Å². The second-order valence-corrected chi connectivity index (χ2v) is 5.27. The molecule has 0 fully saturated rings. The van der Waals surface area contributed by atoms with Crippen molar-refractivity contribution in [3.8, 4) is 11.5 Å². The Morgan fingerprint density at radius 1 is 1.00 bits per heavy atom. The number of fused-ring (bicyclic) bond motifs is 1. The molecule has 0 aliphatic carbocycles. The van der Waals surface area contributed by atoms with Crippen LogP contribution in [0.1, 0.15) is 0 Å². The average molecular weight is 333 g/mol. The quantitative estimate of drug-likeness (QED) is 0.746. The van der Waals surface area contributed by atoms with Crippen molar-refractivity contribution in [3.63, 3.8) is 0 Å². The molecule has 118 valence electrons. The van der Waals surface area contributed by atoms with E-state index in [2.05, 4.69) is 10.3 Å². The van der Waals surface area contributed by atoms with Crippen molar-refractivity contribution in [2.75, 3.05) is 19.5 Å². The van der Waals surface area contributed by atoms with Crippen molar-refractivity contribution >= 4 is 33.9 Å². The van der Waals surface area contributed by atoms with Gasteiger partial charge in [-0.1, -0.05) is 11.6 Å². The van der Waals surface area contributed by atoms with Crippen LogP contribution in [0.2, 0.25) is 5.02 Å². The zero-order valence-corrected chi connectivity index (χ0v) is 13.3. The van der Waals surface area contributed by atoms with E-state index in [4.69, 9.17) is 21.1 Å². The predicted molar refractivity (Wildman–Crippen MR) is 89.5 cm³/mol. The van der Waals surface area contributed by atoms with Crippen molar-refractivity contribution < 1.29 is 13.9 Å². The lowest BCUT2D eigenvalue weighted by Gasteiger charge is -2.13. The van der Waals surface area contributed by atoms with Gasteiger partial charge in [0.15, 0.2) is 11.5 Å². The molecule has 3 aromatic rings. The lowest BCUT2D eigenvalue weighted by atomic mass is 10.1. The summed E-state index contributed by atoms with van der Waals surface area (Å²) in [6.07, 6.45) is 1.64. The first-order valence-corrected chi connectivity index (χ1v) is 7.23. The Morgan fingerprint density at radius 2 is 1.74 bits per heavy atom. The molecule has 1 heterocycles. The monoisotopic (exact) mass is 332 g/mol. The van der Waals surface area contributed by atoms with E-state index >= 15 is 0 Å². The number of benzene rings is 2. The third-order valence-corrected chi connectivity index (χ3v) is 3.68. The van der Waals surface area contributed by atoms with E-state index < -0.39 is 5.82 Å². The molecule has 1 N–H and O–H groups in total. The Morgan fingerprint density at radius 3 is 2.43 bits per heavy atom. The van der Waals surface area contributed by atoms with Gasteiger partial charge in [-0.25, -0.2) is 4.39 Å². The highest BCUT2D eigenvalue weighted by Crippen LogP contribution is 2.35. The first-order chi connectivity index (χ1) is 11.1. The molecule has 0 amide bonds. The first kappa shape index (κ1) is 15.4. The minimum Gasteiger partial charge on any atom is -0.493 e. The smallest absolute Gasteiger partial charge is 0.162 e. The molecule has 0 radical (unpaired) electrons. The van der Waals surface area contributed by atoms with Gasteiger partial charge in [0, 0.05) is 28.4 Å². The van der Waals surface area contributed by atoms with Crippen LogP contribution in [0.4, 0.5) is 15.8 Å². The number of anilines is 2. The predicted octanol–water partition coefficient (Wildman–Crippen LogP) is 4.79. The standard InChI is InChI=1S/C17H14ClFN2O2/c1-22-16-8-11-13(5-6-20-15(11)9-17(16)23-2)21-14-4-3-10(18)7-12(14)19/h3-9H,1-2H3,(H,20,21). The fraction of sp³-hybridized carbons (Fsp3) is 0.118. The number of halogens is 2. The maximum atomic E-state index is 14.0. The topological polar surface area (TPSA) is 43.4 Å². The van der Waals surface area contributed by atoms with Crippen LogP contribution in [0.15, 0.2) is 42.6 Å². The van der Waals surface area contributed by atoms with Crippen LogP contribution >= 0.6 is 11.6 Å². The zero-order chi connectivity index (χ0) is 16.4. The lowest BCUT2D eigenvalue weighted by molar-refractivity contribution is 0.356.